The molecule has 0 bridgehead atoms. The molecular formula is C28H31NO4S. The molecule has 1 fully saturated rings. The van der Waals surface area contributed by atoms with Crippen molar-refractivity contribution in [2.24, 2.45) is 5.92 Å². The first kappa shape index (κ1) is 22.9. The minimum absolute atomic E-state index is 0.0288. The van der Waals surface area contributed by atoms with Crippen molar-refractivity contribution in [2.75, 3.05) is 19.7 Å². The van der Waals surface area contributed by atoms with E-state index < -0.39 is 0 Å². The van der Waals surface area contributed by atoms with Gasteiger partial charge in [0.15, 0.2) is 0 Å². The number of hydrogen-bond acceptors (Lipinski definition) is 6. The molecule has 0 radical (unpaired) electrons. The number of benzene rings is 3. The molecule has 2 aliphatic rings. The molecule has 34 heavy (non-hydrogen) atoms. The number of fused-ring (bicyclic) bond motifs is 1. The summed E-state index contributed by atoms with van der Waals surface area (Å²) in [5.41, 5.74) is 2.11. The highest BCUT2D eigenvalue weighted by Gasteiger charge is 2.33. The van der Waals surface area contributed by atoms with Gasteiger partial charge < -0.3 is 19.7 Å². The van der Waals surface area contributed by atoms with E-state index in [2.05, 4.69) is 30.9 Å². The average molecular weight is 478 g/mol. The Balaban J connectivity index is 1.33. The highest BCUT2D eigenvalue weighted by molar-refractivity contribution is 7.99. The Hall–Kier alpha value is -2.83. The van der Waals surface area contributed by atoms with Crippen molar-refractivity contribution in [1.29, 1.82) is 0 Å². The van der Waals surface area contributed by atoms with Gasteiger partial charge in [-0.25, -0.2) is 0 Å². The van der Waals surface area contributed by atoms with Crippen LogP contribution in [0, 0.1) is 5.92 Å². The third-order valence-electron chi connectivity index (χ3n) is 6.71. The minimum atomic E-state index is -0.217. The van der Waals surface area contributed by atoms with Crippen molar-refractivity contribution in [1.82, 2.24) is 4.90 Å². The van der Waals surface area contributed by atoms with E-state index in [0.29, 0.717) is 12.6 Å². The second-order valence-corrected chi connectivity index (χ2v) is 10.6. The molecule has 1 unspecified atom stereocenters. The van der Waals surface area contributed by atoms with Crippen LogP contribution in [0.25, 0.3) is 0 Å². The first-order valence-electron chi connectivity index (χ1n) is 11.9. The van der Waals surface area contributed by atoms with Gasteiger partial charge in [0.25, 0.3) is 0 Å². The van der Waals surface area contributed by atoms with E-state index in [0.717, 1.165) is 46.5 Å². The van der Waals surface area contributed by atoms with Crippen LogP contribution in [0.3, 0.4) is 0 Å². The summed E-state index contributed by atoms with van der Waals surface area (Å²) in [4.78, 5) is 3.41. The maximum Gasteiger partial charge on any atom is 0.140 e. The number of rotatable bonds is 6. The molecule has 6 heteroatoms. The molecule has 4 atom stereocenters. The van der Waals surface area contributed by atoms with Gasteiger partial charge in [-0.05, 0) is 79.4 Å². The number of hydrogen-bond donors (Lipinski definition) is 2. The van der Waals surface area contributed by atoms with Gasteiger partial charge in [0.05, 0.1) is 10.1 Å². The zero-order valence-electron chi connectivity index (χ0n) is 19.6. The quantitative estimate of drug-likeness (QED) is 0.442. The lowest BCUT2D eigenvalue weighted by Crippen LogP contribution is -2.35. The van der Waals surface area contributed by atoms with E-state index in [9.17, 15) is 10.2 Å². The lowest BCUT2D eigenvalue weighted by atomic mass is 10.00. The molecule has 1 saturated heterocycles. The van der Waals surface area contributed by atoms with Gasteiger partial charge in [-0.1, -0.05) is 31.2 Å². The predicted octanol–water partition coefficient (Wildman–Crippen LogP) is 6.17. The van der Waals surface area contributed by atoms with Gasteiger partial charge in [0.2, 0.25) is 0 Å². The summed E-state index contributed by atoms with van der Waals surface area (Å²) in [7, 11) is 0. The van der Waals surface area contributed by atoms with Crippen molar-refractivity contribution >= 4 is 11.8 Å². The van der Waals surface area contributed by atoms with Gasteiger partial charge in [0.1, 0.15) is 35.7 Å². The minimum Gasteiger partial charge on any atom is -0.508 e. The smallest absolute Gasteiger partial charge is 0.140 e. The summed E-state index contributed by atoms with van der Waals surface area (Å²) in [5, 5.41) is 19.7. The largest absolute Gasteiger partial charge is 0.508 e. The standard InChI is InChI=1S/C28H31NO4S/c1-18-13-14-29(16-18)19(2)17-32-24-10-5-20(6-11-24)27-28(21-3-7-22(30)8-4-21)34-26-15-23(31)9-12-25(26)33-27/h3-12,15,18-19,27-28,30-31H,13-14,16-17H2,1-2H3/t18-,19?,27-,28+/m0/s1. The number of aromatic hydroxyl groups is 2. The first-order chi connectivity index (χ1) is 16.5. The summed E-state index contributed by atoms with van der Waals surface area (Å²) >= 11 is 1.66. The monoisotopic (exact) mass is 477 g/mol. The van der Waals surface area contributed by atoms with Crippen LogP contribution in [-0.4, -0.2) is 40.9 Å². The van der Waals surface area contributed by atoms with Gasteiger partial charge in [-0.15, -0.1) is 11.8 Å². The molecule has 2 heterocycles. The fraction of sp³-hybridized carbons (Fsp3) is 0.357. The molecule has 5 nitrogen and oxygen atoms in total. The molecule has 2 aliphatic heterocycles. The third-order valence-corrected chi connectivity index (χ3v) is 8.06. The van der Waals surface area contributed by atoms with E-state index in [1.54, 1.807) is 36.0 Å². The number of phenols is 2. The second kappa shape index (κ2) is 9.80. The number of nitrogens with zero attached hydrogens (tertiary/aromatic N) is 1. The van der Waals surface area contributed by atoms with Crippen LogP contribution in [-0.2, 0) is 0 Å². The highest BCUT2D eigenvalue weighted by Crippen LogP contribution is 2.54. The van der Waals surface area contributed by atoms with Crippen molar-refractivity contribution in [3.05, 3.63) is 77.9 Å². The Kier molecular flexibility index (Phi) is 6.61. The van der Waals surface area contributed by atoms with E-state index in [4.69, 9.17) is 9.47 Å². The Morgan fingerprint density at radius 2 is 1.71 bits per heavy atom. The highest BCUT2D eigenvalue weighted by atomic mass is 32.2. The Labute approximate surface area is 205 Å². The van der Waals surface area contributed by atoms with Gasteiger partial charge >= 0.3 is 0 Å². The van der Waals surface area contributed by atoms with Gasteiger partial charge in [0, 0.05) is 12.6 Å². The topological polar surface area (TPSA) is 62.2 Å². The average Bonchev–Trinajstić information content (AvgIpc) is 3.29. The van der Waals surface area contributed by atoms with Crippen LogP contribution in [0.15, 0.2) is 71.6 Å². The Morgan fingerprint density at radius 1 is 1.00 bits per heavy atom. The lowest BCUT2D eigenvalue weighted by Gasteiger charge is -2.34. The zero-order valence-corrected chi connectivity index (χ0v) is 20.4. The van der Waals surface area contributed by atoms with Gasteiger partial charge in [-0.2, -0.15) is 0 Å². The molecule has 0 saturated carbocycles. The fourth-order valence-electron chi connectivity index (χ4n) is 4.68. The number of thioether (sulfide) groups is 1. The molecular weight excluding hydrogens is 446 g/mol. The molecule has 0 aliphatic carbocycles. The SMILES string of the molecule is CC(COc1ccc([C@@H]2Oc3ccc(O)cc3S[C@@H]2c2ccc(O)cc2)cc1)N1CC[C@H](C)C1. The molecule has 3 aromatic carbocycles. The van der Waals surface area contributed by atoms with E-state index in [1.807, 2.05) is 30.3 Å². The normalized spacial score (nSPS) is 23.2. The van der Waals surface area contributed by atoms with Crippen LogP contribution in [0.1, 0.15) is 42.7 Å². The van der Waals surface area contributed by atoms with Crippen LogP contribution in [0.2, 0.25) is 0 Å². The van der Waals surface area contributed by atoms with Crippen LogP contribution in [0.5, 0.6) is 23.0 Å². The third kappa shape index (κ3) is 4.98. The summed E-state index contributed by atoms with van der Waals surface area (Å²) in [6, 6.07) is 21.0. The summed E-state index contributed by atoms with van der Waals surface area (Å²) < 4.78 is 12.6. The molecule has 0 spiro atoms. The maximum absolute atomic E-state index is 9.95. The Bertz CT molecular complexity index is 1120. The molecule has 178 valence electrons. The van der Waals surface area contributed by atoms with Crippen molar-refractivity contribution in [3.8, 4) is 23.0 Å². The molecule has 2 N–H and O–H groups in total. The zero-order chi connectivity index (χ0) is 23.7. The van der Waals surface area contributed by atoms with E-state index in [-0.39, 0.29) is 22.9 Å². The van der Waals surface area contributed by atoms with Crippen LogP contribution < -0.4 is 9.47 Å². The lowest BCUT2D eigenvalue weighted by molar-refractivity contribution is 0.168. The second-order valence-electron chi connectivity index (χ2n) is 9.42. The Morgan fingerprint density at radius 3 is 2.41 bits per heavy atom. The van der Waals surface area contributed by atoms with Crippen LogP contribution >= 0.6 is 11.8 Å². The molecule has 0 aromatic heterocycles. The van der Waals surface area contributed by atoms with E-state index >= 15 is 0 Å². The van der Waals surface area contributed by atoms with Crippen LogP contribution in [0.4, 0.5) is 0 Å². The maximum atomic E-state index is 9.95. The molecule has 3 aromatic rings. The summed E-state index contributed by atoms with van der Waals surface area (Å²) in [6.45, 7) is 7.52. The fourth-order valence-corrected chi connectivity index (χ4v) is 6.00. The number of likely N-dealkylation sites (tertiary alicyclic amines) is 1. The van der Waals surface area contributed by atoms with Crippen molar-refractivity contribution in [2.45, 2.75) is 42.6 Å². The number of phenolic OH excluding ortho intramolecular Hbond substituents is 2. The molecule has 5 rings (SSSR count). The number of ether oxygens (including phenoxy) is 2. The first-order valence-corrected chi connectivity index (χ1v) is 12.8. The van der Waals surface area contributed by atoms with Gasteiger partial charge in [-0.3, -0.25) is 4.90 Å². The molecule has 0 amide bonds. The summed E-state index contributed by atoms with van der Waals surface area (Å²) in [5.74, 6) is 2.84. The van der Waals surface area contributed by atoms with E-state index in [1.165, 1.54) is 6.42 Å². The summed E-state index contributed by atoms with van der Waals surface area (Å²) in [6.07, 6.45) is 1.05. The van der Waals surface area contributed by atoms with Crippen molar-refractivity contribution < 1.29 is 19.7 Å². The van der Waals surface area contributed by atoms with Crippen molar-refractivity contribution in [3.63, 3.8) is 0 Å². The predicted molar refractivity (Wildman–Crippen MR) is 135 cm³/mol.